The summed E-state index contributed by atoms with van der Waals surface area (Å²) in [6.07, 6.45) is 3.69. The van der Waals surface area contributed by atoms with Gasteiger partial charge in [0.15, 0.2) is 5.82 Å². The molecule has 0 N–H and O–H groups in total. The number of likely N-dealkylation sites (N-methyl/N-ethyl adjacent to an activating group) is 1. The Labute approximate surface area is 160 Å². The Hall–Kier alpha value is -2.35. The van der Waals surface area contributed by atoms with E-state index in [-0.39, 0.29) is 6.03 Å². The van der Waals surface area contributed by atoms with E-state index in [1.54, 1.807) is 26.1 Å². The van der Waals surface area contributed by atoms with Gasteiger partial charge in [-0.3, -0.25) is 0 Å². The normalized spacial score (nSPS) is 15.4. The van der Waals surface area contributed by atoms with Gasteiger partial charge in [-0.15, -0.1) is 0 Å². The lowest BCUT2D eigenvalue weighted by molar-refractivity contribution is 0.156. The molecule has 0 aliphatic carbocycles. The van der Waals surface area contributed by atoms with Gasteiger partial charge in [-0.2, -0.15) is 0 Å². The summed E-state index contributed by atoms with van der Waals surface area (Å²) < 4.78 is 7.26. The molecule has 27 heavy (non-hydrogen) atoms. The lowest BCUT2D eigenvalue weighted by Gasteiger charge is -2.33. The van der Waals surface area contributed by atoms with E-state index in [2.05, 4.69) is 16.0 Å². The predicted molar refractivity (Wildman–Crippen MR) is 106 cm³/mol. The first-order chi connectivity index (χ1) is 12.9. The van der Waals surface area contributed by atoms with Crippen LogP contribution < -0.4 is 4.90 Å². The molecular weight excluding hydrogens is 344 g/mol. The Kier molecular flexibility index (Phi) is 5.84. The minimum atomic E-state index is 0.0866. The van der Waals surface area contributed by atoms with Crippen molar-refractivity contribution >= 4 is 22.9 Å². The number of aromatic nitrogens is 3. The van der Waals surface area contributed by atoms with Crippen LogP contribution in [-0.2, 0) is 11.8 Å². The SMILES string of the molecule is COCCN(C)c1nc(C2CCN(C(=O)N(C)C)CC2)cc2c1ncn2C. The molecular formula is C19H30N6O2. The number of hydrogen-bond donors (Lipinski definition) is 0. The number of amides is 2. The molecule has 0 unspecified atom stereocenters. The number of ether oxygens (including phenoxy) is 1. The zero-order valence-corrected chi connectivity index (χ0v) is 17.0. The summed E-state index contributed by atoms with van der Waals surface area (Å²) in [4.78, 5) is 27.4. The average Bonchev–Trinajstić information content (AvgIpc) is 3.05. The number of fused-ring (bicyclic) bond motifs is 1. The van der Waals surface area contributed by atoms with Crippen molar-refractivity contribution in [2.24, 2.45) is 7.05 Å². The van der Waals surface area contributed by atoms with Crippen LogP contribution in [0.2, 0.25) is 0 Å². The van der Waals surface area contributed by atoms with E-state index in [1.807, 2.05) is 29.9 Å². The van der Waals surface area contributed by atoms with Crippen LogP contribution in [-0.4, -0.2) is 84.9 Å². The first-order valence-corrected chi connectivity index (χ1v) is 9.40. The molecule has 2 aromatic rings. The van der Waals surface area contributed by atoms with Gasteiger partial charge < -0.3 is 24.0 Å². The molecule has 0 aromatic carbocycles. The van der Waals surface area contributed by atoms with Crippen LogP contribution in [0.4, 0.5) is 10.6 Å². The second-order valence-corrected chi connectivity index (χ2v) is 7.45. The van der Waals surface area contributed by atoms with Gasteiger partial charge in [-0.05, 0) is 18.9 Å². The number of pyridine rings is 1. The molecule has 148 valence electrons. The fraction of sp³-hybridized carbons (Fsp3) is 0.632. The van der Waals surface area contributed by atoms with Crippen molar-refractivity contribution in [3.05, 3.63) is 18.1 Å². The minimum absolute atomic E-state index is 0.0866. The van der Waals surface area contributed by atoms with Gasteiger partial charge in [-0.25, -0.2) is 14.8 Å². The fourth-order valence-corrected chi connectivity index (χ4v) is 3.59. The highest BCUT2D eigenvalue weighted by atomic mass is 16.5. The zero-order valence-electron chi connectivity index (χ0n) is 17.0. The lowest BCUT2D eigenvalue weighted by Crippen LogP contribution is -2.43. The number of urea groups is 1. The summed E-state index contributed by atoms with van der Waals surface area (Å²) in [6, 6.07) is 2.24. The maximum atomic E-state index is 12.2. The second kappa shape index (κ2) is 8.12. The first-order valence-electron chi connectivity index (χ1n) is 9.40. The van der Waals surface area contributed by atoms with Crippen molar-refractivity contribution in [2.75, 3.05) is 59.4 Å². The second-order valence-electron chi connectivity index (χ2n) is 7.45. The van der Waals surface area contributed by atoms with Gasteiger partial charge in [-0.1, -0.05) is 0 Å². The summed E-state index contributed by atoms with van der Waals surface area (Å²) in [7, 11) is 9.34. The molecule has 0 saturated carbocycles. The Balaban J connectivity index is 1.85. The minimum Gasteiger partial charge on any atom is -0.383 e. The number of piperidine rings is 1. The summed E-state index contributed by atoms with van der Waals surface area (Å²) in [5.74, 6) is 1.25. The van der Waals surface area contributed by atoms with E-state index in [0.29, 0.717) is 12.5 Å². The predicted octanol–water partition coefficient (Wildman–Crippen LogP) is 1.91. The first kappa shape index (κ1) is 19.4. The molecule has 2 aromatic heterocycles. The number of anilines is 1. The van der Waals surface area contributed by atoms with Crippen LogP contribution in [0.25, 0.3) is 11.0 Å². The molecule has 0 bridgehead atoms. The lowest BCUT2D eigenvalue weighted by atomic mass is 9.93. The molecule has 1 aliphatic rings. The molecule has 2 amide bonds. The number of methoxy groups -OCH3 is 1. The van der Waals surface area contributed by atoms with E-state index in [0.717, 1.165) is 55.0 Å². The van der Waals surface area contributed by atoms with Gasteiger partial charge in [0.1, 0.15) is 5.52 Å². The highest BCUT2D eigenvalue weighted by Gasteiger charge is 2.27. The third kappa shape index (κ3) is 4.00. The number of carbonyl (C=O) groups is 1. The van der Waals surface area contributed by atoms with E-state index in [1.165, 1.54) is 0 Å². The molecule has 0 spiro atoms. The molecule has 3 heterocycles. The monoisotopic (exact) mass is 374 g/mol. The summed E-state index contributed by atoms with van der Waals surface area (Å²) in [6.45, 7) is 2.93. The molecule has 1 fully saturated rings. The highest BCUT2D eigenvalue weighted by Crippen LogP contribution is 2.32. The number of rotatable bonds is 5. The number of carbonyl (C=O) groups excluding carboxylic acids is 1. The standard InChI is InChI=1S/C19H30N6O2/c1-22(2)19(26)25-8-6-14(7-9-25)15-12-16-17(20-13-24(16)4)18(21-15)23(3)10-11-27-5/h12-14H,6-11H2,1-5H3. The van der Waals surface area contributed by atoms with Gasteiger partial charge >= 0.3 is 6.03 Å². The summed E-state index contributed by atoms with van der Waals surface area (Å²) in [5.41, 5.74) is 3.09. The summed E-state index contributed by atoms with van der Waals surface area (Å²) >= 11 is 0. The van der Waals surface area contributed by atoms with Crippen molar-refractivity contribution < 1.29 is 9.53 Å². The van der Waals surface area contributed by atoms with Crippen LogP contribution in [0, 0.1) is 0 Å². The third-order valence-electron chi connectivity index (χ3n) is 5.27. The Morgan fingerprint density at radius 2 is 2.00 bits per heavy atom. The number of nitrogens with zero attached hydrogens (tertiary/aromatic N) is 6. The number of aryl methyl sites for hydroxylation is 1. The topological polar surface area (TPSA) is 66.7 Å². The Morgan fingerprint density at radius 1 is 1.30 bits per heavy atom. The molecule has 1 aliphatic heterocycles. The quantitative estimate of drug-likeness (QED) is 0.800. The van der Waals surface area contributed by atoms with Gasteiger partial charge in [0.25, 0.3) is 0 Å². The fourth-order valence-electron chi connectivity index (χ4n) is 3.59. The molecule has 0 radical (unpaired) electrons. The van der Waals surface area contributed by atoms with Crippen LogP contribution in [0.5, 0.6) is 0 Å². The molecule has 3 rings (SSSR count). The number of hydrogen-bond acceptors (Lipinski definition) is 5. The maximum absolute atomic E-state index is 12.2. The van der Waals surface area contributed by atoms with Crippen LogP contribution in [0.15, 0.2) is 12.4 Å². The van der Waals surface area contributed by atoms with Crippen LogP contribution in [0.3, 0.4) is 0 Å². The van der Waals surface area contributed by atoms with Crippen molar-refractivity contribution in [3.63, 3.8) is 0 Å². The molecule has 1 saturated heterocycles. The summed E-state index contributed by atoms with van der Waals surface area (Å²) in [5, 5.41) is 0. The van der Waals surface area contributed by atoms with E-state index >= 15 is 0 Å². The van der Waals surface area contributed by atoms with Gasteiger partial charge in [0, 0.05) is 66.5 Å². The average molecular weight is 374 g/mol. The number of imidazole rings is 1. The molecule has 8 heteroatoms. The highest BCUT2D eigenvalue weighted by molar-refractivity contribution is 5.87. The maximum Gasteiger partial charge on any atom is 0.319 e. The van der Waals surface area contributed by atoms with Gasteiger partial charge in [0.05, 0.1) is 18.5 Å². The molecule has 8 nitrogen and oxygen atoms in total. The van der Waals surface area contributed by atoms with Gasteiger partial charge in [0.2, 0.25) is 0 Å². The van der Waals surface area contributed by atoms with E-state index in [9.17, 15) is 4.79 Å². The Bertz CT molecular complexity index is 795. The van der Waals surface area contributed by atoms with Crippen LogP contribution in [0.1, 0.15) is 24.5 Å². The van der Waals surface area contributed by atoms with E-state index < -0.39 is 0 Å². The van der Waals surface area contributed by atoms with Crippen molar-refractivity contribution in [1.29, 1.82) is 0 Å². The van der Waals surface area contributed by atoms with Crippen LogP contribution >= 0.6 is 0 Å². The van der Waals surface area contributed by atoms with Crippen molar-refractivity contribution in [3.8, 4) is 0 Å². The zero-order chi connectivity index (χ0) is 19.6. The number of likely N-dealkylation sites (tertiary alicyclic amines) is 1. The Morgan fingerprint density at radius 3 is 2.63 bits per heavy atom. The molecule has 0 atom stereocenters. The smallest absolute Gasteiger partial charge is 0.319 e. The third-order valence-corrected chi connectivity index (χ3v) is 5.27. The van der Waals surface area contributed by atoms with Crippen molar-refractivity contribution in [1.82, 2.24) is 24.3 Å². The van der Waals surface area contributed by atoms with Crippen molar-refractivity contribution in [2.45, 2.75) is 18.8 Å². The van der Waals surface area contributed by atoms with E-state index in [4.69, 9.17) is 9.72 Å². The largest absolute Gasteiger partial charge is 0.383 e.